The van der Waals surface area contributed by atoms with Gasteiger partial charge in [-0.25, -0.2) is 0 Å². The molecule has 0 saturated heterocycles. The van der Waals surface area contributed by atoms with Gasteiger partial charge in [0.15, 0.2) is 0 Å². The van der Waals surface area contributed by atoms with E-state index < -0.39 is 0 Å². The van der Waals surface area contributed by atoms with E-state index in [1.165, 1.54) is 0 Å². The third kappa shape index (κ3) is 2.91. The zero-order valence-electron chi connectivity index (χ0n) is 9.27. The smallest absolute Gasteiger partial charge is 0.255 e. The first-order chi connectivity index (χ1) is 8.16. The number of carbonyl (C=O) groups is 1. The van der Waals surface area contributed by atoms with Gasteiger partial charge in [-0.15, -0.1) is 0 Å². The molecule has 2 aromatic rings. The second-order valence-corrected chi connectivity index (χ2v) is 4.57. The molecule has 0 saturated carbocycles. The van der Waals surface area contributed by atoms with Crippen molar-refractivity contribution in [2.75, 3.05) is 5.32 Å². The van der Waals surface area contributed by atoms with Gasteiger partial charge in [-0.1, -0.05) is 15.9 Å². The number of nitrogens with zero attached hydrogens (tertiary/aromatic N) is 1. The number of amides is 1. The molecule has 1 amide bonds. The number of hydrogen-bond donors (Lipinski definition) is 1. The maximum absolute atomic E-state index is 11.9. The minimum absolute atomic E-state index is 0.119. The largest absolute Gasteiger partial charge is 0.322 e. The molecule has 2 rings (SSSR count). The van der Waals surface area contributed by atoms with Crippen LogP contribution in [-0.2, 0) is 0 Å². The maximum atomic E-state index is 11.9. The van der Waals surface area contributed by atoms with Crippen molar-refractivity contribution in [3.8, 4) is 0 Å². The summed E-state index contributed by atoms with van der Waals surface area (Å²) in [5.74, 6) is -0.119. The molecule has 86 valence electrons. The monoisotopic (exact) mass is 290 g/mol. The summed E-state index contributed by atoms with van der Waals surface area (Å²) in [7, 11) is 0. The predicted octanol–water partition coefficient (Wildman–Crippen LogP) is 3.40. The summed E-state index contributed by atoms with van der Waals surface area (Å²) in [5, 5.41) is 2.85. The van der Waals surface area contributed by atoms with E-state index in [0.29, 0.717) is 5.56 Å². The zero-order chi connectivity index (χ0) is 12.3. The van der Waals surface area contributed by atoms with Crippen LogP contribution in [-0.4, -0.2) is 10.9 Å². The van der Waals surface area contributed by atoms with E-state index >= 15 is 0 Å². The van der Waals surface area contributed by atoms with Crippen LogP contribution in [0.3, 0.4) is 0 Å². The highest BCUT2D eigenvalue weighted by Crippen LogP contribution is 2.15. The van der Waals surface area contributed by atoms with E-state index in [1.807, 2.05) is 19.1 Å². The van der Waals surface area contributed by atoms with Gasteiger partial charge in [0.25, 0.3) is 5.91 Å². The molecule has 1 N–H and O–H groups in total. The Morgan fingerprint density at radius 2 is 1.94 bits per heavy atom. The normalized spacial score (nSPS) is 10.0. The first-order valence-electron chi connectivity index (χ1n) is 5.14. The SMILES string of the molecule is Cc1cnccc1NC(=O)c1ccc(Br)cc1. The average Bonchev–Trinajstić information content (AvgIpc) is 2.33. The van der Waals surface area contributed by atoms with Gasteiger partial charge in [-0.05, 0) is 42.8 Å². The van der Waals surface area contributed by atoms with E-state index in [9.17, 15) is 4.79 Å². The van der Waals surface area contributed by atoms with Crippen LogP contribution in [0.25, 0.3) is 0 Å². The van der Waals surface area contributed by atoms with Crippen LogP contribution in [0.1, 0.15) is 15.9 Å². The molecule has 0 atom stereocenters. The van der Waals surface area contributed by atoms with Crippen LogP contribution in [0, 0.1) is 6.92 Å². The molecule has 1 aromatic heterocycles. The number of pyridine rings is 1. The molecule has 0 spiro atoms. The molecule has 0 aliphatic heterocycles. The zero-order valence-corrected chi connectivity index (χ0v) is 10.9. The first-order valence-corrected chi connectivity index (χ1v) is 5.93. The average molecular weight is 291 g/mol. The molecule has 0 radical (unpaired) electrons. The highest BCUT2D eigenvalue weighted by Gasteiger charge is 2.06. The summed E-state index contributed by atoms with van der Waals surface area (Å²) in [6.45, 7) is 1.91. The number of aromatic nitrogens is 1. The maximum Gasteiger partial charge on any atom is 0.255 e. The van der Waals surface area contributed by atoms with Crippen LogP contribution in [0.2, 0.25) is 0 Å². The Morgan fingerprint density at radius 3 is 2.59 bits per heavy atom. The third-order valence-corrected chi connectivity index (χ3v) is 2.90. The molecule has 4 heteroatoms. The van der Waals surface area contributed by atoms with Crippen LogP contribution in [0.4, 0.5) is 5.69 Å². The third-order valence-electron chi connectivity index (χ3n) is 2.37. The highest BCUT2D eigenvalue weighted by molar-refractivity contribution is 9.10. The lowest BCUT2D eigenvalue weighted by atomic mass is 10.2. The van der Waals surface area contributed by atoms with E-state index in [-0.39, 0.29) is 5.91 Å². The topological polar surface area (TPSA) is 42.0 Å². The molecule has 1 heterocycles. The Labute approximate surface area is 108 Å². The van der Waals surface area contributed by atoms with Gasteiger partial charge < -0.3 is 5.32 Å². The van der Waals surface area contributed by atoms with E-state index in [0.717, 1.165) is 15.7 Å². The minimum atomic E-state index is -0.119. The number of halogens is 1. The number of hydrogen-bond acceptors (Lipinski definition) is 2. The van der Waals surface area contributed by atoms with Gasteiger partial charge >= 0.3 is 0 Å². The quantitative estimate of drug-likeness (QED) is 0.921. The van der Waals surface area contributed by atoms with Gasteiger partial charge in [-0.3, -0.25) is 9.78 Å². The Hall–Kier alpha value is -1.68. The summed E-state index contributed by atoms with van der Waals surface area (Å²) in [5.41, 5.74) is 2.36. The molecular formula is C13H11BrN2O. The van der Waals surface area contributed by atoms with Crippen LogP contribution in [0.15, 0.2) is 47.2 Å². The van der Waals surface area contributed by atoms with Crippen molar-refractivity contribution in [1.29, 1.82) is 0 Å². The van der Waals surface area contributed by atoms with E-state index in [2.05, 4.69) is 26.2 Å². The van der Waals surface area contributed by atoms with Crippen molar-refractivity contribution >= 4 is 27.5 Å². The van der Waals surface area contributed by atoms with Gasteiger partial charge in [0, 0.05) is 28.1 Å². The number of anilines is 1. The Kier molecular flexibility index (Phi) is 3.54. The van der Waals surface area contributed by atoms with Crippen molar-refractivity contribution in [3.63, 3.8) is 0 Å². The van der Waals surface area contributed by atoms with Gasteiger partial charge in [0.05, 0.1) is 0 Å². The van der Waals surface area contributed by atoms with Crippen LogP contribution >= 0.6 is 15.9 Å². The Balaban J connectivity index is 2.17. The lowest BCUT2D eigenvalue weighted by Gasteiger charge is -2.07. The standard InChI is InChI=1S/C13H11BrN2O/c1-9-8-15-7-6-12(9)16-13(17)10-2-4-11(14)5-3-10/h2-8H,1H3,(H,15,16,17). The van der Waals surface area contributed by atoms with Crippen molar-refractivity contribution in [2.24, 2.45) is 0 Å². The molecule has 0 aliphatic rings. The predicted molar refractivity (Wildman–Crippen MR) is 71.1 cm³/mol. The lowest BCUT2D eigenvalue weighted by molar-refractivity contribution is 0.102. The number of benzene rings is 1. The highest BCUT2D eigenvalue weighted by atomic mass is 79.9. The van der Waals surface area contributed by atoms with Crippen LogP contribution < -0.4 is 5.32 Å². The van der Waals surface area contributed by atoms with E-state index in [1.54, 1.807) is 30.6 Å². The molecule has 3 nitrogen and oxygen atoms in total. The lowest BCUT2D eigenvalue weighted by Crippen LogP contribution is -2.12. The van der Waals surface area contributed by atoms with Crippen molar-refractivity contribution in [3.05, 3.63) is 58.3 Å². The van der Waals surface area contributed by atoms with Gasteiger partial charge in [-0.2, -0.15) is 0 Å². The van der Waals surface area contributed by atoms with Gasteiger partial charge in [0.1, 0.15) is 0 Å². The van der Waals surface area contributed by atoms with Crippen LogP contribution in [0.5, 0.6) is 0 Å². The Morgan fingerprint density at radius 1 is 1.24 bits per heavy atom. The summed E-state index contributed by atoms with van der Waals surface area (Å²) in [6, 6.07) is 9.01. The molecule has 0 fully saturated rings. The molecule has 0 aliphatic carbocycles. The fraction of sp³-hybridized carbons (Fsp3) is 0.0769. The summed E-state index contributed by atoms with van der Waals surface area (Å²) >= 11 is 3.33. The Bertz CT molecular complexity index is 537. The fourth-order valence-electron chi connectivity index (χ4n) is 1.41. The summed E-state index contributed by atoms with van der Waals surface area (Å²) in [4.78, 5) is 15.9. The van der Waals surface area contributed by atoms with Crippen molar-refractivity contribution < 1.29 is 4.79 Å². The summed E-state index contributed by atoms with van der Waals surface area (Å²) in [6.07, 6.45) is 3.38. The second-order valence-electron chi connectivity index (χ2n) is 3.65. The van der Waals surface area contributed by atoms with Crippen molar-refractivity contribution in [1.82, 2.24) is 4.98 Å². The fourth-order valence-corrected chi connectivity index (χ4v) is 1.67. The molecule has 0 bridgehead atoms. The number of nitrogens with one attached hydrogen (secondary N) is 1. The number of rotatable bonds is 2. The molecular weight excluding hydrogens is 280 g/mol. The molecule has 17 heavy (non-hydrogen) atoms. The van der Waals surface area contributed by atoms with Crippen molar-refractivity contribution in [2.45, 2.75) is 6.92 Å². The molecule has 0 unspecified atom stereocenters. The molecule has 1 aromatic carbocycles. The minimum Gasteiger partial charge on any atom is -0.322 e. The van der Waals surface area contributed by atoms with E-state index in [4.69, 9.17) is 0 Å². The van der Waals surface area contributed by atoms with Gasteiger partial charge in [0.2, 0.25) is 0 Å². The number of carbonyl (C=O) groups excluding carboxylic acids is 1. The second kappa shape index (κ2) is 5.10. The number of aryl methyl sites for hydroxylation is 1. The summed E-state index contributed by atoms with van der Waals surface area (Å²) < 4.78 is 0.953. The first kappa shape index (κ1) is 11.8.